The number of aromatic nitrogens is 1. The summed E-state index contributed by atoms with van der Waals surface area (Å²) in [5.41, 5.74) is 9.07. The zero-order valence-electron chi connectivity index (χ0n) is 21.9. The Balaban J connectivity index is 1.40. The summed E-state index contributed by atoms with van der Waals surface area (Å²) in [6, 6.07) is 16.8. The molecule has 38 heavy (non-hydrogen) atoms. The first-order valence-electron chi connectivity index (χ1n) is 12.1. The molecule has 4 aromatic rings. The highest BCUT2D eigenvalue weighted by molar-refractivity contribution is 6.21. The molecular formula is C31H28N3O4. The number of ether oxygens (including phenoxy) is 3. The minimum Gasteiger partial charge on any atom is -0.493 e. The predicted octanol–water partition coefficient (Wildman–Crippen LogP) is 7.00. The number of carbonyl (C=O) groups is 1. The van der Waals surface area contributed by atoms with Crippen molar-refractivity contribution in [3.63, 3.8) is 0 Å². The summed E-state index contributed by atoms with van der Waals surface area (Å²) in [5, 5.41) is 11.6. The molecule has 0 spiro atoms. The van der Waals surface area contributed by atoms with Crippen LogP contribution in [0.3, 0.4) is 0 Å². The maximum absolute atomic E-state index is 12.6. The normalized spacial score (nSPS) is 12.3. The average Bonchev–Trinajstić information content (AvgIpc) is 3.69. The topological polar surface area (TPSA) is 93.5 Å². The van der Waals surface area contributed by atoms with Crippen molar-refractivity contribution in [1.82, 2.24) is 4.98 Å². The fraction of sp³-hybridized carbons (Fsp3) is 0.161. The zero-order chi connectivity index (χ0) is 27.0. The number of benzene rings is 3. The molecule has 0 saturated heterocycles. The molecule has 0 fully saturated rings. The molecule has 7 nitrogen and oxygen atoms in total. The summed E-state index contributed by atoms with van der Waals surface area (Å²) in [5.74, 6) is 1.69. The lowest BCUT2D eigenvalue weighted by atomic mass is 10.0. The van der Waals surface area contributed by atoms with Crippen LogP contribution in [0.5, 0.6) is 17.2 Å². The maximum Gasteiger partial charge on any atom is 0.417 e. The zero-order valence-corrected chi connectivity index (χ0v) is 21.9. The van der Waals surface area contributed by atoms with Gasteiger partial charge in [-0.2, -0.15) is 0 Å². The molecule has 2 N–H and O–H groups in total. The van der Waals surface area contributed by atoms with Gasteiger partial charge in [0.1, 0.15) is 5.75 Å². The van der Waals surface area contributed by atoms with E-state index in [0.29, 0.717) is 34.2 Å². The molecule has 1 aromatic heterocycles. The van der Waals surface area contributed by atoms with Gasteiger partial charge in [0.15, 0.2) is 11.5 Å². The minimum absolute atomic E-state index is 0.388. The lowest BCUT2D eigenvalue weighted by molar-refractivity contribution is 0.215. The van der Waals surface area contributed by atoms with E-state index in [4.69, 9.17) is 19.6 Å². The third-order valence-electron chi connectivity index (χ3n) is 6.61. The molecule has 0 saturated carbocycles. The number of nitrogens with one attached hydrogen (secondary N) is 2. The van der Waals surface area contributed by atoms with Gasteiger partial charge in [-0.25, -0.2) is 4.79 Å². The van der Waals surface area contributed by atoms with Crippen LogP contribution in [0.25, 0.3) is 22.0 Å². The molecule has 0 aliphatic heterocycles. The Morgan fingerprint density at radius 1 is 0.895 bits per heavy atom. The number of carbonyl (C=O) groups excluding carboxylic acids is 1. The van der Waals surface area contributed by atoms with Crippen molar-refractivity contribution < 1.29 is 19.0 Å². The lowest BCUT2D eigenvalue weighted by Crippen LogP contribution is -2.17. The number of allylic oxidation sites excluding steroid dienone is 2. The van der Waals surface area contributed by atoms with E-state index >= 15 is 0 Å². The Morgan fingerprint density at radius 3 is 2.37 bits per heavy atom. The second kappa shape index (κ2) is 10.0. The van der Waals surface area contributed by atoms with E-state index in [1.165, 1.54) is 0 Å². The first kappa shape index (κ1) is 25.0. The molecule has 7 heteroatoms. The average molecular weight is 507 g/mol. The van der Waals surface area contributed by atoms with Crippen molar-refractivity contribution in [3.8, 4) is 17.2 Å². The van der Waals surface area contributed by atoms with Crippen LogP contribution < -0.4 is 19.5 Å². The number of pyridine rings is 1. The molecule has 1 aliphatic carbocycles. The second-order valence-corrected chi connectivity index (χ2v) is 9.20. The maximum atomic E-state index is 12.6. The van der Waals surface area contributed by atoms with E-state index in [1.54, 1.807) is 51.6 Å². The van der Waals surface area contributed by atoms with Crippen LogP contribution in [0.4, 0.5) is 10.5 Å². The van der Waals surface area contributed by atoms with Gasteiger partial charge in [-0.05, 0) is 96.1 Å². The summed E-state index contributed by atoms with van der Waals surface area (Å²) in [6.07, 6.45) is 3.38. The van der Waals surface area contributed by atoms with Crippen LogP contribution in [-0.2, 0) is 0 Å². The molecule has 1 heterocycles. The van der Waals surface area contributed by atoms with Gasteiger partial charge in [0.05, 0.1) is 19.7 Å². The van der Waals surface area contributed by atoms with Crippen molar-refractivity contribution in [3.05, 3.63) is 95.0 Å². The number of methoxy groups -OCH3 is 2. The first-order valence-corrected chi connectivity index (χ1v) is 12.1. The molecule has 0 atom stereocenters. The highest BCUT2D eigenvalue weighted by atomic mass is 16.6. The molecular weight excluding hydrogens is 478 g/mol. The van der Waals surface area contributed by atoms with Gasteiger partial charge in [-0.15, -0.1) is 0 Å². The van der Waals surface area contributed by atoms with Crippen molar-refractivity contribution in [1.29, 1.82) is 5.41 Å². The number of aryl methyl sites for hydroxylation is 2. The van der Waals surface area contributed by atoms with Crippen molar-refractivity contribution in [2.75, 3.05) is 19.5 Å². The van der Waals surface area contributed by atoms with Gasteiger partial charge in [0, 0.05) is 35.5 Å². The van der Waals surface area contributed by atoms with Gasteiger partial charge in [0.2, 0.25) is 0 Å². The number of hydrogen-bond acceptors (Lipinski definition) is 6. The summed E-state index contributed by atoms with van der Waals surface area (Å²) in [7, 11) is 3.24. The van der Waals surface area contributed by atoms with Crippen LogP contribution >= 0.6 is 0 Å². The van der Waals surface area contributed by atoms with Gasteiger partial charge in [-0.3, -0.25) is 10.3 Å². The van der Waals surface area contributed by atoms with Crippen LogP contribution in [0.2, 0.25) is 0 Å². The quantitative estimate of drug-likeness (QED) is 0.263. The molecule has 3 aromatic carbocycles. The summed E-state index contributed by atoms with van der Waals surface area (Å²) >= 11 is 0. The van der Waals surface area contributed by atoms with E-state index in [0.717, 1.165) is 44.3 Å². The molecule has 5 rings (SSSR count). The Hall–Kier alpha value is -4.65. The van der Waals surface area contributed by atoms with E-state index in [9.17, 15) is 4.79 Å². The number of hydrogen-bond donors (Lipinski definition) is 2. The molecule has 0 bridgehead atoms. The third-order valence-corrected chi connectivity index (χ3v) is 6.61. The number of anilines is 1. The molecule has 0 unspecified atom stereocenters. The highest BCUT2D eigenvalue weighted by Crippen LogP contribution is 2.49. The highest BCUT2D eigenvalue weighted by Gasteiger charge is 2.28. The molecule has 1 amide bonds. The largest absolute Gasteiger partial charge is 0.493 e. The van der Waals surface area contributed by atoms with Gasteiger partial charge < -0.3 is 19.6 Å². The standard InChI is InChI=1S/C31H28N3O4/c1-17-12-27(34-31(35)38-21-8-6-7-20(13-21)19(3)32)18(2)11-23(17)25-14-24(25)22-9-10-33-28-16-30(37-5)29(36-4)15-26(22)28/h6-16,32H,1-5H3,(H,34,35). The van der Waals surface area contributed by atoms with E-state index in [2.05, 4.69) is 22.8 Å². The van der Waals surface area contributed by atoms with E-state index in [-0.39, 0.29) is 0 Å². The minimum atomic E-state index is -0.578. The van der Waals surface area contributed by atoms with Gasteiger partial charge in [-0.1, -0.05) is 12.1 Å². The number of fused-ring (bicyclic) bond motifs is 1. The molecule has 191 valence electrons. The summed E-state index contributed by atoms with van der Waals surface area (Å²) in [6.45, 7) is 5.67. The summed E-state index contributed by atoms with van der Waals surface area (Å²) < 4.78 is 16.4. The van der Waals surface area contributed by atoms with Crippen molar-refractivity contribution in [2.24, 2.45) is 0 Å². The molecule has 1 aliphatic rings. The van der Waals surface area contributed by atoms with E-state index in [1.807, 2.05) is 38.1 Å². The van der Waals surface area contributed by atoms with Crippen molar-refractivity contribution >= 4 is 39.5 Å². The van der Waals surface area contributed by atoms with Crippen LogP contribution in [0.15, 0.2) is 60.8 Å². The van der Waals surface area contributed by atoms with Crippen LogP contribution in [-0.4, -0.2) is 31.0 Å². The number of nitrogens with zero attached hydrogens (tertiary/aromatic N) is 1. The number of rotatable bonds is 7. The summed E-state index contributed by atoms with van der Waals surface area (Å²) in [4.78, 5) is 17.1. The van der Waals surface area contributed by atoms with Gasteiger partial charge in [0.25, 0.3) is 0 Å². The lowest BCUT2D eigenvalue weighted by Gasteiger charge is -2.13. The third kappa shape index (κ3) is 4.83. The monoisotopic (exact) mass is 506 g/mol. The fourth-order valence-corrected chi connectivity index (χ4v) is 4.54. The second-order valence-electron chi connectivity index (χ2n) is 9.20. The fourth-order valence-electron chi connectivity index (χ4n) is 4.54. The Bertz CT molecular complexity index is 1640. The van der Waals surface area contributed by atoms with Crippen LogP contribution in [0, 0.1) is 25.7 Å². The Labute approximate surface area is 221 Å². The van der Waals surface area contributed by atoms with E-state index < -0.39 is 6.09 Å². The predicted molar refractivity (Wildman–Crippen MR) is 150 cm³/mol. The Morgan fingerprint density at radius 2 is 1.63 bits per heavy atom. The van der Waals surface area contributed by atoms with Crippen LogP contribution in [0.1, 0.15) is 34.7 Å². The smallest absolute Gasteiger partial charge is 0.417 e. The Kier molecular flexibility index (Phi) is 6.59. The van der Waals surface area contributed by atoms with Gasteiger partial charge >= 0.3 is 6.09 Å². The number of amides is 1. The van der Waals surface area contributed by atoms with Crippen molar-refractivity contribution in [2.45, 2.75) is 20.8 Å². The SMILES string of the molecule is COc1cc2nccc(C3=C(c4cc(C)c(NC(=O)Oc5cccc(C(C)=N)c5)cc4C)[CH]3)c2cc1OC. The first-order chi connectivity index (χ1) is 18.3. The molecule has 1 radical (unpaired) electrons.